The Morgan fingerprint density at radius 3 is 3.05 bits per heavy atom. The van der Waals surface area contributed by atoms with Gasteiger partial charge in [-0.25, -0.2) is 0 Å². The van der Waals surface area contributed by atoms with Crippen molar-refractivity contribution in [3.63, 3.8) is 0 Å². The third-order valence-electron chi connectivity index (χ3n) is 2.54. The van der Waals surface area contributed by atoms with Crippen LogP contribution in [-0.2, 0) is 6.54 Å². The van der Waals surface area contributed by atoms with Gasteiger partial charge in [-0.05, 0) is 19.4 Å². The van der Waals surface area contributed by atoms with Crippen molar-refractivity contribution in [3.8, 4) is 0 Å². The Hall–Kier alpha value is -1.96. The fourth-order valence-corrected chi connectivity index (χ4v) is 2.31. The average molecular weight is 294 g/mol. The predicted molar refractivity (Wildman–Crippen MR) is 77.8 cm³/mol. The lowest BCUT2D eigenvalue weighted by Crippen LogP contribution is -2.35. The molecule has 0 aliphatic carbocycles. The van der Waals surface area contributed by atoms with Gasteiger partial charge in [0, 0.05) is 25.0 Å². The van der Waals surface area contributed by atoms with Crippen molar-refractivity contribution < 1.29 is 4.79 Å². The molecule has 1 amide bonds. The third kappa shape index (κ3) is 4.02. The molecular weight excluding hydrogens is 276 g/mol. The molecule has 2 heterocycles. The zero-order valence-electron chi connectivity index (χ0n) is 11.5. The maximum atomic E-state index is 12.0. The van der Waals surface area contributed by atoms with Gasteiger partial charge in [-0.1, -0.05) is 18.3 Å². The molecule has 20 heavy (non-hydrogen) atoms. The fraction of sp³-hybridized carbons (Fsp3) is 0.500. The number of hydrogen-bond donors (Lipinski definition) is 2. The van der Waals surface area contributed by atoms with E-state index in [0.717, 1.165) is 13.0 Å². The first-order chi connectivity index (χ1) is 9.69. The third-order valence-corrected chi connectivity index (χ3v) is 3.42. The van der Waals surface area contributed by atoms with Crippen LogP contribution < -0.4 is 10.6 Å². The van der Waals surface area contributed by atoms with E-state index in [1.54, 1.807) is 10.9 Å². The standard InChI is InChI=1S/C12H18N6OS/c1-3-5-13-12-17-16-11(20-12)10(19)15-9(2)8-18-7-4-6-14-18/h4,6-7,9H,3,5,8H2,1-2H3,(H,13,17)(H,15,19). The highest BCUT2D eigenvalue weighted by Gasteiger charge is 2.15. The number of nitrogens with one attached hydrogen (secondary N) is 2. The highest BCUT2D eigenvalue weighted by molar-refractivity contribution is 7.17. The van der Waals surface area contributed by atoms with Crippen molar-refractivity contribution in [1.82, 2.24) is 25.3 Å². The van der Waals surface area contributed by atoms with E-state index in [9.17, 15) is 4.79 Å². The summed E-state index contributed by atoms with van der Waals surface area (Å²) in [6.07, 6.45) is 4.58. The van der Waals surface area contributed by atoms with Gasteiger partial charge in [0.05, 0.1) is 6.54 Å². The summed E-state index contributed by atoms with van der Waals surface area (Å²) in [4.78, 5) is 12.0. The fourth-order valence-electron chi connectivity index (χ4n) is 1.64. The Bertz CT molecular complexity index is 538. The molecule has 2 aromatic heterocycles. The summed E-state index contributed by atoms with van der Waals surface area (Å²) in [6.45, 7) is 5.44. The van der Waals surface area contributed by atoms with Crippen LogP contribution >= 0.6 is 11.3 Å². The van der Waals surface area contributed by atoms with Gasteiger partial charge in [0.15, 0.2) is 0 Å². The van der Waals surface area contributed by atoms with E-state index in [-0.39, 0.29) is 11.9 Å². The van der Waals surface area contributed by atoms with Gasteiger partial charge < -0.3 is 10.6 Å². The first kappa shape index (κ1) is 14.4. The number of rotatable bonds is 7. The smallest absolute Gasteiger partial charge is 0.282 e. The second-order valence-corrected chi connectivity index (χ2v) is 5.42. The SMILES string of the molecule is CCCNc1nnc(C(=O)NC(C)Cn2cccn2)s1. The second kappa shape index (κ2) is 6.99. The van der Waals surface area contributed by atoms with Gasteiger partial charge in [-0.3, -0.25) is 9.48 Å². The van der Waals surface area contributed by atoms with Gasteiger partial charge in [0.25, 0.3) is 5.91 Å². The lowest BCUT2D eigenvalue weighted by atomic mass is 10.3. The number of anilines is 1. The molecule has 0 fully saturated rings. The number of nitrogens with zero attached hydrogens (tertiary/aromatic N) is 4. The Morgan fingerprint density at radius 2 is 2.35 bits per heavy atom. The molecule has 1 atom stereocenters. The molecule has 2 aromatic rings. The van der Waals surface area contributed by atoms with Crippen molar-refractivity contribution in [2.24, 2.45) is 0 Å². The van der Waals surface area contributed by atoms with Crippen molar-refractivity contribution in [3.05, 3.63) is 23.5 Å². The van der Waals surface area contributed by atoms with E-state index in [2.05, 4.69) is 32.9 Å². The molecule has 7 nitrogen and oxygen atoms in total. The van der Waals surface area contributed by atoms with Crippen LogP contribution in [0.4, 0.5) is 5.13 Å². The van der Waals surface area contributed by atoms with E-state index < -0.39 is 0 Å². The molecule has 108 valence electrons. The van der Waals surface area contributed by atoms with Gasteiger partial charge in [0.1, 0.15) is 0 Å². The number of hydrogen-bond acceptors (Lipinski definition) is 6. The molecular formula is C12H18N6OS. The van der Waals surface area contributed by atoms with Crippen LogP contribution in [0.5, 0.6) is 0 Å². The molecule has 8 heteroatoms. The highest BCUT2D eigenvalue weighted by atomic mass is 32.1. The summed E-state index contributed by atoms with van der Waals surface area (Å²) in [5.74, 6) is -0.202. The molecule has 0 aliphatic heterocycles. The van der Waals surface area contributed by atoms with E-state index in [1.807, 2.05) is 19.2 Å². The second-order valence-electron chi connectivity index (χ2n) is 4.44. The van der Waals surface area contributed by atoms with Crippen molar-refractivity contribution in [2.45, 2.75) is 32.9 Å². The summed E-state index contributed by atoms with van der Waals surface area (Å²) >= 11 is 1.26. The topological polar surface area (TPSA) is 84.7 Å². The number of aromatic nitrogens is 4. The first-order valence-corrected chi connectivity index (χ1v) is 7.36. The Labute approximate surface area is 121 Å². The van der Waals surface area contributed by atoms with Gasteiger partial charge in [-0.15, -0.1) is 10.2 Å². The Kier molecular flexibility index (Phi) is 5.05. The van der Waals surface area contributed by atoms with E-state index in [0.29, 0.717) is 16.7 Å². The van der Waals surface area contributed by atoms with Crippen LogP contribution in [-0.4, -0.2) is 38.5 Å². The molecule has 1 unspecified atom stereocenters. The monoisotopic (exact) mass is 294 g/mol. The lowest BCUT2D eigenvalue weighted by molar-refractivity contribution is 0.0935. The van der Waals surface area contributed by atoms with Crippen LogP contribution in [0.1, 0.15) is 30.1 Å². The summed E-state index contributed by atoms with van der Waals surface area (Å²) in [5.41, 5.74) is 0. The molecule has 0 bridgehead atoms. The normalized spacial score (nSPS) is 12.1. The van der Waals surface area contributed by atoms with Crippen LogP contribution in [0.2, 0.25) is 0 Å². The van der Waals surface area contributed by atoms with Gasteiger partial charge >= 0.3 is 0 Å². The first-order valence-electron chi connectivity index (χ1n) is 6.54. The van der Waals surface area contributed by atoms with E-state index in [1.165, 1.54) is 11.3 Å². The molecule has 0 aromatic carbocycles. The Morgan fingerprint density at radius 1 is 1.50 bits per heavy atom. The number of carbonyl (C=O) groups is 1. The van der Waals surface area contributed by atoms with Crippen molar-refractivity contribution in [1.29, 1.82) is 0 Å². The number of carbonyl (C=O) groups excluding carboxylic acids is 1. The average Bonchev–Trinajstić information content (AvgIpc) is 3.07. The number of amides is 1. The molecule has 0 saturated carbocycles. The lowest BCUT2D eigenvalue weighted by Gasteiger charge is -2.12. The molecule has 0 saturated heterocycles. The van der Waals surface area contributed by atoms with E-state index >= 15 is 0 Å². The highest BCUT2D eigenvalue weighted by Crippen LogP contribution is 2.14. The minimum atomic E-state index is -0.202. The quantitative estimate of drug-likeness (QED) is 0.806. The maximum Gasteiger partial charge on any atom is 0.282 e. The summed E-state index contributed by atoms with van der Waals surface area (Å²) < 4.78 is 1.78. The van der Waals surface area contributed by atoms with Crippen LogP contribution in [0, 0.1) is 0 Å². The summed E-state index contributed by atoms with van der Waals surface area (Å²) in [6, 6.07) is 1.82. The van der Waals surface area contributed by atoms with Gasteiger partial charge in [0.2, 0.25) is 10.1 Å². The minimum Gasteiger partial charge on any atom is -0.360 e. The maximum absolute atomic E-state index is 12.0. The molecule has 0 aliphatic rings. The molecule has 0 radical (unpaired) electrons. The predicted octanol–water partition coefficient (Wildman–Crippen LogP) is 1.37. The molecule has 0 spiro atoms. The molecule has 2 rings (SSSR count). The van der Waals surface area contributed by atoms with Gasteiger partial charge in [-0.2, -0.15) is 5.10 Å². The van der Waals surface area contributed by atoms with Crippen LogP contribution in [0.3, 0.4) is 0 Å². The van der Waals surface area contributed by atoms with E-state index in [4.69, 9.17) is 0 Å². The van der Waals surface area contributed by atoms with Crippen LogP contribution in [0.25, 0.3) is 0 Å². The van der Waals surface area contributed by atoms with Crippen LogP contribution in [0.15, 0.2) is 18.5 Å². The Balaban J connectivity index is 1.86. The largest absolute Gasteiger partial charge is 0.360 e. The zero-order chi connectivity index (χ0) is 14.4. The van der Waals surface area contributed by atoms with Crippen molar-refractivity contribution >= 4 is 22.4 Å². The molecule has 2 N–H and O–H groups in total. The summed E-state index contributed by atoms with van der Waals surface area (Å²) in [7, 11) is 0. The summed E-state index contributed by atoms with van der Waals surface area (Å²) in [5, 5.41) is 19.0. The van der Waals surface area contributed by atoms with Crippen molar-refractivity contribution in [2.75, 3.05) is 11.9 Å². The zero-order valence-corrected chi connectivity index (χ0v) is 12.4. The minimum absolute atomic E-state index is 0.0293.